The van der Waals surface area contributed by atoms with Crippen LogP contribution in [0.5, 0.6) is 5.75 Å². The van der Waals surface area contributed by atoms with Gasteiger partial charge in [0.2, 0.25) is 0 Å². The quantitative estimate of drug-likeness (QED) is 0.797. The van der Waals surface area contributed by atoms with Crippen LogP contribution in [0.1, 0.15) is 15.9 Å². The summed E-state index contributed by atoms with van der Waals surface area (Å²) in [7, 11) is 1.40. The maximum atomic E-state index is 10.7. The van der Waals surface area contributed by atoms with Crippen LogP contribution in [0.2, 0.25) is 5.02 Å². The van der Waals surface area contributed by atoms with E-state index in [0.29, 0.717) is 5.02 Å². The SMILES string of the molecule is COc1c(C(=O)O)ccc(C)c1Cl. The Kier molecular flexibility index (Phi) is 2.78. The van der Waals surface area contributed by atoms with Crippen LogP contribution >= 0.6 is 11.6 Å². The molecule has 70 valence electrons. The molecule has 0 heterocycles. The zero-order chi connectivity index (χ0) is 10.0. The Bertz CT molecular complexity index is 347. The zero-order valence-electron chi connectivity index (χ0n) is 7.30. The Morgan fingerprint density at radius 2 is 2.15 bits per heavy atom. The summed E-state index contributed by atoms with van der Waals surface area (Å²) < 4.78 is 4.91. The summed E-state index contributed by atoms with van der Waals surface area (Å²) in [5, 5.41) is 9.12. The molecule has 0 aliphatic rings. The molecule has 1 aromatic rings. The van der Waals surface area contributed by atoms with Crippen molar-refractivity contribution >= 4 is 17.6 Å². The minimum Gasteiger partial charge on any atom is -0.494 e. The maximum Gasteiger partial charge on any atom is 0.339 e. The van der Waals surface area contributed by atoms with Gasteiger partial charge < -0.3 is 9.84 Å². The Balaban J connectivity index is 3.38. The lowest BCUT2D eigenvalue weighted by Crippen LogP contribution is -2.01. The Morgan fingerprint density at radius 1 is 1.54 bits per heavy atom. The van der Waals surface area contributed by atoms with Crippen molar-refractivity contribution < 1.29 is 14.6 Å². The third-order valence-corrected chi connectivity index (χ3v) is 2.19. The molecule has 3 nitrogen and oxygen atoms in total. The molecule has 0 amide bonds. The largest absolute Gasteiger partial charge is 0.494 e. The third kappa shape index (κ3) is 1.75. The molecule has 0 radical (unpaired) electrons. The molecular weight excluding hydrogens is 192 g/mol. The molecule has 0 atom stereocenters. The highest BCUT2D eigenvalue weighted by Gasteiger charge is 2.15. The lowest BCUT2D eigenvalue weighted by Gasteiger charge is -2.08. The topological polar surface area (TPSA) is 46.5 Å². The molecule has 0 bridgehead atoms. The number of aryl methyl sites for hydroxylation is 1. The third-order valence-electron chi connectivity index (χ3n) is 1.72. The number of benzene rings is 1. The fourth-order valence-electron chi connectivity index (χ4n) is 1.02. The molecule has 1 rings (SSSR count). The number of methoxy groups -OCH3 is 1. The minimum absolute atomic E-state index is 0.0816. The van der Waals surface area contributed by atoms with Gasteiger partial charge in [-0.1, -0.05) is 17.7 Å². The van der Waals surface area contributed by atoms with E-state index in [2.05, 4.69) is 0 Å². The number of aromatic carboxylic acids is 1. The van der Waals surface area contributed by atoms with Gasteiger partial charge in [0.25, 0.3) is 0 Å². The van der Waals surface area contributed by atoms with Gasteiger partial charge in [-0.05, 0) is 18.6 Å². The number of carboxylic acid groups (broad SMARTS) is 1. The number of halogens is 1. The van der Waals surface area contributed by atoms with Gasteiger partial charge in [-0.25, -0.2) is 4.79 Å². The number of carbonyl (C=O) groups is 1. The van der Waals surface area contributed by atoms with Crippen LogP contribution in [0.15, 0.2) is 12.1 Å². The molecule has 0 unspecified atom stereocenters. The van der Waals surface area contributed by atoms with Gasteiger partial charge in [0.15, 0.2) is 5.75 Å². The molecule has 0 aromatic heterocycles. The van der Waals surface area contributed by atoms with Gasteiger partial charge in [-0.15, -0.1) is 0 Å². The number of ether oxygens (including phenoxy) is 1. The van der Waals surface area contributed by atoms with Crippen molar-refractivity contribution in [2.24, 2.45) is 0 Å². The molecule has 13 heavy (non-hydrogen) atoms. The van der Waals surface area contributed by atoms with Gasteiger partial charge >= 0.3 is 5.97 Å². The normalized spacial score (nSPS) is 9.77. The number of hydrogen-bond acceptors (Lipinski definition) is 2. The maximum absolute atomic E-state index is 10.7. The van der Waals surface area contributed by atoms with Crippen LogP contribution in [0.3, 0.4) is 0 Å². The van der Waals surface area contributed by atoms with Gasteiger partial charge in [0.1, 0.15) is 5.56 Å². The van der Waals surface area contributed by atoms with Crippen LogP contribution < -0.4 is 4.74 Å². The lowest BCUT2D eigenvalue weighted by atomic mass is 10.1. The predicted molar refractivity (Wildman–Crippen MR) is 49.7 cm³/mol. The molecule has 1 aromatic carbocycles. The highest BCUT2D eigenvalue weighted by molar-refractivity contribution is 6.33. The van der Waals surface area contributed by atoms with Crippen LogP contribution in [-0.4, -0.2) is 18.2 Å². The first-order valence-corrected chi connectivity index (χ1v) is 4.02. The second-order valence-corrected chi connectivity index (χ2v) is 2.96. The highest BCUT2D eigenvalue weighted by atomic mass is 35.5. The van der Waals surface area contributed by atoms with Crippen molar-refractivity contribution in [1.29, 1.82) is 0 Å². The number of rotatable bonds is 2. The fraction of sp³-hybridized carbons (Fsp3) is 0.222. The van der Waals surface area contributed by atoms with Gasteiger partial charge in [0, 0.05) is 0 Å². The zero-order valence-corrected chi connectivity index (χ0v) is 8.05. The average molecular weight is 201 g/mol. The summed E-state index contributed by atoms with van der Waals surface area (Å²) in [4.78, 5) is 10.7. The van der Waals surface area contributed by atoms with Crippen LogP contribution in [0.25, 0.3) is 0 Å². The van der Waals surface area contributed by atoms with E-state index in [0.717, 1.165) is 5.56 Å². The van der Waals surface area contributed by atoms with Gasteiger partial charge in [0.05, 0.1) is 12.1 Å². The molecule has 0 saturated carbocycles. The molecule has 0 saturated heterocycles. The van der Waals surface area contributed by atoms with E-state index in [1.165, 1.54) is 13.2 Å². The van der Waals surface area contributed by atoms with E-state index in [1.54, 1.807) is 13.0 Å². The monoisotopic (exact) mass is 200 g/mol. The first-order valence-electron chi connectivity index (χ1n) is 3.64. The van der Waals surface area contributed by atoms with E-state index >= 15 is 0 Å². The molecule has 0 aliphatic heterocycles. The van der Waals surface area contributed by atoms with Crippen molar-refractivity contribution in [1.82, 2.24) is 0 Å². The Labute approximate surface area is 80.9 Å². The average Bonchev–Trinajstić information content (AvgIpc) is 2.09. The fourth-order valence-corrected chi connectivity index (χ4v) is 1.26. The summed E-state index contributed by atoms with van der Waals surface area (Å²) in [6.07, 6.45) is 0. The van der Waals surface area contributed by atoms with Crippen LogP contribution in [-0.2, 0) is 0 Å². The first-order chi connectivity index (χ1) is 6.07. The van der Waals surface area contributed by atoms with Crippen molar-refractivity contribution in [3.8, 4) is 5.75 Å². The second kappa shape index (κ2) is 3.66. The minimum atomic E-state index is -1.04. The highest BCUT2D eigenvalue weighted by Crippen LogP contribution is 2.31. The van der Waals surface area contributed by atoms with Crippen molar-refractivity contribution in [2.45, 2.75) is 6.92 Å². The van der Waals surface area contributed by atoms with Gasteiger partial charge in [-0.3, -0.25) is 0 Å². The molecule has 4 heteroatoms. The molecular formula is C9H9ClO3. The Morgan fingerprint density at radius 3 is 2.62 bits per heavy atom. The van der Waals surface area contributed by atoms with Gasteiger partial charge in [-0.2, -0.15) is 0 Å². The summed E-state index contributed by atoms with van der Waals surface area (Å²) in [5.74, 6) is -0.826. The van der Waals surface area contributed by atoms with Crippen molar-refractivity contribution in [3.05, 3.63) is 28.3 Å². The van der Waals surface area contributed by atoms with E-state index in [9.17, 15) is 4.79 Å². The summed E-state index contributed by atoms with van der Waals surface area (Å²) in [5.41, 5.74) is 0.876. The Hall–Kier alpha value is -1.22. The van der Waals surface area contributed by atoms with Crippen molar-refractivity contribution in [3.63, 3.8) is 0 Å². The predicted octanol–water partition coefficient (Wildman–Crippen LogP) is 2.36. The first kappa shape index (κ1) is 9.86. The van der Waals surface area contributed by atoms with E-state index in [-0.39, 0.29) is 11.3 Å². The van der Waals surface area contributed by atoms with Crippen LogP contribution in [0.4, 0.5) is 0 Å². The smallest absolute Gasteiger partial charge is 0.339 e. The summed E-state index contributed by atoms with van der Waals surface area (Å²) in [6, 6.07) is 3.12. The van der Waals surface area contributed by atoms with Crippen molar-refractivity contribution in [2.75, 3.05) is 7.11 Å². The lowest BCUT2D eigenvalue weighted by molar-refractivity contribution is 0.0693. The van der Waals surface area contributed by atoms with E-state index in [1.807, 2.05) is 0 Å². The molecule has 0 spiro atoms. The van der Waals surface area contributed by atoms with E-state index in [4.69, 9.17) is 21.4 Å². The summed E-state index contributed by atoms with van der Waals surface area (Å²) >= 11 is 5.85. The number of hydrogen-bond donors (Lipinski definition) is 1. The molecule has 0 fully saturated rings. The standard InChI is InChI=1S/C9H9ClO3/c1-5-3-4-6(9(11)12)8(13-2)7(5)10/h3-4H,1-2H3,(H,11,12). The van der Waals surface area contributed by atoms with E-state index < -0.39 is 5.97 Å². The summed E-state index contributed by atoms with van der Waals surface area (Å²) in [6.45, 7) is 1.79. The second-order valence-electron chi connectivity index (χ2n) is 2.58. The van der Waals surface area contributed by atoms with Crippen LogP contribution in [0, 0.1) is 6.92 Å². The molecule has 0 aliphatic carbocycles. The number of carboxylic acids is 1. The molecule has 1 N–H and O–H groups in total.